The Morgan fingerprint density at radius 2 is 1.32 bits per heavy atom. The molecular weight excluding hydrogens is 232 g/mol. The van der Waals surface area contributed by atoms with Crippen molar-refractivity contribution in [1.82, 2.24) is 0 Å². The molecule has 0 bridgehead atoms. The first-order chi connectivity index (χ1) is 9.06. The molecule has 19 heavy (non-hydrogen) atoms. The van der Waals surface area contributed by atoms with Crippen LogP contribution >= 0.6 is 0 Å². The molecule has 0 aromatic heterocycles. The van der Waals surface area contributed by atoms with Gasteiger partial charge in [-0.2, -0.15) is 0 Å². The van der Waals surface area contributed by atoms with Gasteiger partial charge in [0, 0.05) is 5.57 Å². The number of hydrogen-bond acceptors (Lipinski definition) is 1. The fourth-order valence-electron chi connectivity index (χ4n) is 1.79. The van der Waals surface area contributed by atoms with Gasteiger partial charge in [-0.05, 0) is 31.1 Å². The van der Waals surface area contributed by atoms with Crippen molar-refractivity contribution in [3.8, 4) is 0 Å². The summed E-state index contributed by atoms with van der Waals surface area (Å²) in [7, 11) is 0. The SMILES string of the molecule is CC(C)(O)C=C=C(c1ccccc1)c1ccccc1. The zero-order valence-electron chi connectivity index (χ0n) is 11.3. The minimum absolute atomic E-state index is 0.866. The second kappa shape index (κ2) is 5.71. The van der Waals surface area contributed by atoms with Crippen molar-refractivity contribution in [3.05, 3.63) is 83.6 Å². The van der Waals surface area contributed by atoms with Gasteiger partial charge < -0.3 is 5.11 Å². The molecule has 0 aliphatic carbocycles. The van der Waals surface area contributed by atoms with E-state index in [-0.39, 0.29) is 0 Å². The Kier molecular flexibility index (Phi) is 4.01. The summed E-state index contributed by atoms with van der Waals surface area (Å²) >= 11 is 0. The summed E-state index contributed by atoms with van der Waals surface area (Å²) in [5, 5.41) is 9.83. The molecule has 0 heterocycles. The normalized spacial score (nSPS) is 10.7. The molecule has 0 saturated carbocycles. The maximum atomic E-state index is 9.83. The molecule has 2 aromatic carbocycles. The molecule has 0 unspecified atom stereocenters. The van der Waals surface area contributed by atoms with E-state index in [2.05, 4.69) is 5.73 Å². The smallest absolute Gasteiger partial charge is 0.0845 e. The molecule has 2 rings (SSSR count). The average Bonchev–Trinajstić information content (AvgIpc) is 2.40. The summed E-state index contributed by atoms with van der Waals surface area (Å²) in [6.07, 6.45) is 1.70. The first kappa shape index (κ1) is 13.4. The second-order valence-corrected chi connectivity index (χ2v) is 5.05. The Bertz CT molecular complexity index is 541. The topological polar surface area (TPSA) is 20.2 Å². The standard InChI is InChI=1S/C18H18O/c1-18(2,19)14-13-17(15-9-5-3-6-10-15)16-11-7-4-8-12-16/h3-12,14,19H,1-2H3. The van der Waals surface area contributed by atoms with Crippen molar-refractivity contribution in [2.24, 2.45) is 0 Å². The van der Waals surface area contributed by atoms with Crippen molar-refractivity contribution in [1.29, 1.82) is 0 Å². The number of aliphatic hydroxyl groups is 1. The number of hydrogen-bond donors (Lipinski definition) is 1. The summed E-state index contributed by atoms with van der Waals surface area (Å²) in [4.78, 5) is 0. The highest BCUT2D eigenvalue weighted by atomic mass is 16.3. The average molecular weight is 250 g/mol. The second-order valence-electron chi connectivity index (χ2n) is 5.05. The van der Waals surface area contributed by atoms with E-state index in [1.54, 1.807) is 19.9 Å². The molecule has 1 heteroatoms. The van der Waals surface area contributed by atoms with Crippen LogP contribution < -0.4 is 0 Å². The van der Waals surface area contributed by atoms with Crippen molar-refractivity contribution in [2.45, 2.75) is 19.4 Å². The van der Waals surface area contributed by atoms with Crippen LogP contribution in [0.2, 0.25) is 0 Å². The molecule has 0 radical (unpaired) electrons. The molecule has 2 aromatic rings. The molecule has 0 fully saturated rings. The zero-order chi connectivity index (χ0) is 13.7. The fourth-order valence-corrected chi connectivity index (χ4v) is 1.79. The van der Waals surface area contributed by atoms with Gasteiger partial charge in [-0.15, -0.1) is 5.73 Å². The third kappa shape index (κ3) is 3.96. The van der Waals surface area contributed by atoms with Gasteiger partial charge in [-0.25, -0.2) is 0 Å². The van der Waals surface area contributed by atoms with E-state index in [0.717, 1.165) is 16.7 Å². The van der Waals surface area contributed by atoms with Crippen LogP contribution in [-0.4, -0.2) is 10.7 Å². The molecule has 0 aliphatic rings. The maximum Gasteiger partial charge on any atom is 0.0845 e. The predicted molar refractivity (Wildman–Crippen MR) is 79.8 cm³/mol. The Morgan fingerprint density at radius 1 is 0.895 bits per heavy atom. The van der Waals surface area contributed by atoms with Gasteiger partial charge in [-0.3, -0.25) is 0 Å². The van der Waals surface area contributed by atoms with Crippen LogP contribution in [0.4, 0.5) is 0 Å². The molecule has 0 amide bonds. The summed E-state index contributed by atoms with van der Waals surface area (Å²) < 4.78 is 0. The van der Waals surface area contributed by atoms with Crippen LogP contribution in [0.15, 0.2) is 72.5 Å². The van der Waals surface area contributed by atoms with Gasteiger partial charge >= 0.3 is 0 Å². The van der Waals surface area contributed by atoms with Crippen molar-refractivity contribution < 1.29 is 5.11 Å². The maximum absolute atomic E-state index is 9.83. The molecule has 1 N–H and O–H groups in total. The Balaban J connectivity index is 2.56. The lowest BCUT2D eigenvalue weighted by Crippen LogP contribution is -2.13. The highest BCUT2D eigenvalue weighted by molar-refractivity contribution is 5.79. The van der Waals surface area contributed by atoms with Gasteiger partial charge in [0.25, 0.3) is 0 Å². The van der Waals surface area contributed by atoms with Gasteiger partial charge in [-0.1, -0.05) is 60.7 Å². The molecular formula is C18H18O. The zero-order valence-corrected chi connectivity index (χ0v) is 11.3. The fraction of sp³-hybridized carbons (Fsp3) is 0.167. The Labute approximate surface area is 114 Å². The van der Waals surface area contributed by atoms with Gasteiger partial charge in [0.15, 0.2) is 0 Å². The van der Waals surface area contributed by atoms with Crippen molar-refractivity contribution in [3.63, 3.8) is 0 Å². The van der Waals surface area contributed by atoms with E-state index in [1.165, 1.54) is 0 Å². The lowest BCUT2D eigenvalue weighted by molar-refractivity contribution is 0.133. The van der Waals surface area contributed by atoms with E-state index in [9.17, 15) is 5.11 Å². The molecule has 0 saturated heterocycles. The van der Waals surface area contributed by atoms with Crippen LogP contribution in [0.25, 0.3) is 5.57 Å². The van der Waals surface area contributed by atoms with Gasteiger partial charge in [0.1, 0.15) is 0 Å². The van der Waals surface area contributed by atoms with Crippen molar-refractivity contribution in [2.75, 3.05) is 0 Å². The van der Waals surface area contributed by atoms with E-state index in [0.29, 0.717) is 0 Å². The van der Waals surface area contributed by atoms with Crippen molar-refractivity contribution >= 4 is 5.57 Å². The third-order valence-corrected chi connectivity index (χ3v) is 2.69. The summed E-state index contributed by atoms with van der Waals surface area (Å²) in [5.74, 6) is 0. The molecule has 0 atom stereocenters. The largest absolute Gasteiger partial charge is 0.386 e. The quantitative estimate of drug-likeness (QED) is 0.815. The minimum Gasteiger partial charge on any atom is -0.386 e. The van der Waals surface area contributed by atoms with E-state index in [4.69, 9.17) is 0 Å². The first-order valence-electron chi connectivity index (χ1n) is 6.37. The van der Waals surface area contributed by atoms with Crippen LogP contribution in [0, 0.1) is 0 Å². The third-order valence-electron chi connectivity index (χ3n) is 2.69. The van der Waals surface area contributed by atoms with E-state index >= 15 is 0 Å². The number of benzene rings is 2. The van der Waals surface area contributed by atoms with Crippen LogP contribution in [0.3, 0.4) is 0 Å². The van der Waals surface area contributed by atoms with Crippen LogP contribution in [0.5, 0.6) is 0 Å². The first-order valence-corrected chi connectivity index (χ1v) is 6.37. The van der Waals surface area contributed by atoms with E-state index < -0.39 is 5.60 Å². The lowest BCUT2D eigenvalue weighted by atomic mass is 9.98. The van der Waals surface area contributed by atoms with Crippen LogP contribution in [-0.2, 0) is 0 Å². The molecule has 1 nitrogen and oxygen atoms in total. The van der Waals surface area contributed by atoms with E-state index in [1.807, 2.05) is 60.7 Å². The minimum atomic E-state index is -0.866. The van der Waals surface area contributed by atoms with Gasteiger partial charge in [0.2, 0.25) is 0 Å². The van der Waals surface area contributed by atoms with Gasteiger partial charge in [0.05, 0.1) is 5.60 Å². The molecule has 0 spiro atoms. The summed E-state index contributed by atoms with van der Waals surface area (Å²) in [5.41, 5.74) is 5.54. The molecule has 96 valence electrons. The highest BCUT2D eigenvalue weighted by Crippen LogP contribution is 2.22. The highest BCUT2D eigenvalue weighted by Gasteiger charge is 2.07. The monoisotopic (exact) mass is 250 g/mol. The summed E-state index contributed by atoms with van der Waals surface area (Å²) in [6.45, 7) is 3.49. The summed E-state index contributed by atoms with van der Waals surface area (Å²) in [6, 6.07) is 20.2. The Hall–Kier alpha value is -2.08. The number of rotatable bonds is 3. The predicted octanol–water partition coefficient (Wildman–Crippen LogP) is 4.04. The Morgan fingerprint density at radius 3 is 1.68 bits per heavy atom. The van der Waals surface area contributed by atoms with Crippen LogP contribution in [0.1, 0.15) is 25.0 Å². The lowest BCUT2D eigenvalue weighted by Gasteiger charge is -2.10. The molecule has 0 aliphatic heterocycles.